The number of nitrogens with zero attached hydrogens (tertiary/aromatic N) is 1. The van der Waals surface area contributed by atoms with Crippen LogP contribution in [-0.2, 0) is 0 Å². The minimum absolute atomic E-state index is 0.445. The second kappa shape index (κ2) is 5.55. The van der Waals surface area contributed by atoms with Crippen LogP contribution in [0.25, 0.3) is 0 Å². The maximum Gasteiger partial charge on any atom is 0.0294 e. The molecule has 0 aliphatic carbocycles. The number of nitrogens with one attached hydrogen (secondary N) is 1. The van der Waals surface area contributed by atoms with Gasteiger partial charge in [-0.2, -0.15) is 0 Å². The zero-order valence-corrected chi connectivity index (χ0v) is 13.4. The highest BCUT2D eigenvalue weighted by Crippen LogP contribution is 2.35. The Morgan fingerprint density at radius 1 is 1.16 bits per heavy atom. The molecule has 2 aliphatic rings. The molecule has 19 heavy (non-hydrogen) atoms. The maximum absolute atomic E-state index is 3.83. The summed E-state index contributed by atoms with van der Waals surface area (Å²) in [6, 6.07) is 11.4. The highest BCUT2D eigenvalue weighted by Gasteiger charge is 2.38. The lowest BCUT2D eigenvalue weighted by Gasteiger charge is -2.38. The largest absolute Gasteiger partial charge is 0.307 e. The minimum Gasteiger partial charge on any atom is -0.307 e. The fraction of sp³-hybridized carbons (Fsp3) is 0.625. The van der Waals surface area contributed by atoms with E-state index in [-0.39, 0.29) is 0 Å². The Morgan fingerprint density at radius 3 is 2.32 bits per heavy atom. The van der Waals surface area contributed by atoms with Crippen molar-refractivity contribution in [3.8, 4) is 0 Å². The topological polar surface area (TPSA) is 15.3 Å². The number of benzene rings is 1. The molecule has 2 heterocycles. The van der Waals surface area contributed by atoms with E-state index in [4.69, 9.17) is 0 Å². The van der Waals surface area contributed by atoms with E-state index < -0.39 is 0 Å². The van der Waals surface area contributed by atoms with Crippen molar-refractivity contribution in [2.24, 2.45) is 0 Å². The molecule has 2 nitrogen and oxygen atoms in total. The number of fused-ring (bicyclic) bond motifs is 2. The third kappa shape index (κ3) is 2.88. The molecule has 2 unspecified atom stereocenters. The van der Waals surface area contributed by atoms with Crippen LogP contribution in [0.2, 0.25) is 0 Å². The van der Waals surface area contributed by atoms with Crippen molar-refractivity contribution in [3.05, 3.63) is 34.3 Å². The first-order valence-electron chi connectivity index (χ1n) is 7.37. The number of halogens is 1. The molecule has 3 heteroatoms. The van der Waals surface area contributed by atoms with Crippen LogP contribution in [0.4, 0.5) is 0 Å². The fourth-order valence-corrected chi connectivity index (χ4v) is 4.01. The highest BCUT2D eigenvalue weighted by atomic mass is 79.9. The van der Waals surface area contributed by atoms with E-state index in [2.05, 4.69) is 64.4 Å². The van der Waals surface area contributed by atoms with E-state index in [9.17, 15) is 0 Å². The van der Waals surface area contributed by atoms with E-state index in [1.807, 2.05) is 0 Å². The lowest BCUT2D eigenvalue weighted by Crippen LogP contribution is -2.47. The van der Waals surface area contributed by atoms with E-state index in [0.717, 1.165) is 16.6 Å². The molecule has 2 bridgehead atoms. The van der Waals surface area contributed by atoms with Crippen molar-refractivity contribution in [2.45, 2.75) is 56.8 Å². The average Bonchev–Trinajstić information content (AvgIpc) is 2.63. The summed E-state index contributed by atoms with van der Waals surface area (Å²) in [7, 11) is 2.30. The van der Waals surface area contributed by atoms with Gasteiger partial charge in [0, 0.05) is 28.6 Å². The Kier molecular flexibility index (Phi) is 3.97. The highest BCUT2D eigenvalue weighted by molar-refractivity contribution is 9.10. The van der Waals surface area contributed by atoms with Gasteiger partial charge in [0.05, 0.1) is 0 Å². The van der Waals surface area contributed by atoms with Crippen LogP contribution >= 0.6 is 15.9 Å². The number of rotatable bonds is 3. The molecule has 0 radical (unpaired) electrons. The summed E-state index contributed by atoms with van der Waals surface area (Å²) >= 11 is 3.50. The summed E-state index contributed by atoms with van der Waals surface area (Å²) in [5.74, 6) is 0. The van der Waals surface area contributed by atoms with Crippen LogP contribution in [0.15, 0.2) is 28.7 Å². The second-order valence-electron chi connectivity index (χ2n) is 6.16. The molecule has 2 fully saturated rings. The molecule has 0 amide bonds. The summed E-state index contributed by atoms with van der Waals surface area (Å²) in [6.07, 6.45) is 5.42. The molecule has 2 saturated heterocycles. The van der Waals surface area contributed by atoms with Crippen LogP contribution in [-0.4, -0.2) is 30.1 Å². The van der Waals surface area contributed by atoms with Crippen molar-refractivity contribution in [1.82, 2.24) is 10.2 Å². The van der Waals surface area contributed by atoms with E-state index >= 15 is 0 Å². The smallest absolute Gasteiger partial charge is 0.0294 e. The molecular formula is C16H23BrN2. The van der Waals surface area contributed by atoms with Crippen molar-refractivity contribution >= 4 is 15.9 Å². The predicted molar refractivity (Wildman–Crippen MR) is 83.3 cm³/mol. The molecule has 3 rings (SSSR count). The molecule has 0 aromatic heterocycles. The molecule has 2 aliphatic heterocycles. The third-order valence-electron chi connectivity index (χ3n) is 4.95. The minimum atomic E-state index is 0.445. The van der Waals surface area contributed by atoms with Crippen LogP contribution in [0, 0.1) is 0 Å². The third-order valence-corrected chi connectivity index (χ3v) is 5.48. The second-order valence-corrected chi connectivity index (χ2v) is 7.07. The molecule has 1 aromatic rings. The Bertz CT molecular complexity index is 417. The van der Waals surface area contributed by atoms with Gasteiger partial charge in [-0.15, -0.1) is 0 Å². The zero-order valence-electron chi connectivity index (χ0n) is 11.8. The molecule has 0 saturated carbocycles. The fourth-order valence-electron chi connectivity index (χ4n) is 3.75. The Morgan fingerprint density at radius 2 is 1.74 bits per heavy atom. The van der Waals surface area contributed by atoms with Crippen molar-refractivity contribution in [2.75, 3.05) is 7.05 Å². The predicted octanol–water partition coefficient (Wildman–Crippen LogP) is 3.72. The van der Waals surface area contributed by atoms with Gasteiger partial charge in [-0.1, -0.05) is 28.1 Å². The molecule has 0 spiro atoms. The summed E-state index contributed by atoms with van der Waals surface area (Å²) in [4.78, 5) is 2.60. The summed E-state index contributed by atoms with van der Waals surface area (Å²) in [5.41, 5.74) is 1.38. The number of hydrogen-bond acceptors (Lipinski definition) is 2. The standard InChI is InChI=1S/C16H23BrN2/c1-11(12-3-5-13(17)6-4-12)18-14-9-15-7-8-16(10-14)19(15)2/h3-6,11,14-16,18H,7-10H2,1-2H3/t11-,14?,15?,16?/m0/s1. The first kappa shape index (κ1) is 13.6. The SMILES string of the molecule is C[C@H](NC1CC2CCC(C1)N2C)c1ccc(Br)cc1. The van der Waals surface area contributed by atoms with Gasteiger partial charge in [0.25, 0.3) is 0 Å². The van der Waals surface area contributed by atoms with Crippen LogP contribution in [0.1, 0.15) is 44.2 Å². The van der Waals surface area contributed by atoms with Crippen molar-refractivity contribution in [1.29, 1.82) is 0 Å². The molecule has 1 aromatic carbocycles. The van der Waals surface area contributed by atoms with Crippen LogP contribution in [0.3, 0.4) is 0 Å². The lowest BCUT2D eigenvalue weighted by atomic mass is 9.96. The van der Waals surface area contributed by atoms with Gasteiger partial charge in [0.2, 0.25) is 0 Å². The van der Waals surface area contributed by atoms with Crippen molar-refractivity contribution < 1.29 is 0 Å². The van der Waals surface area contributed by atoms with E-state index in [1.165, 1.54) is 31.2 Å². The van der Waals surface area contributed by atoms with Crippen LogP contribution in [0.5, 0.6) is 0 Å². The van der Waals surface area contributed by atoms with Gasteiger partial charge in [0.1, 0.15) is 0 Å². The number of hydrogen-bond donors (Lipinski definition) is 1. The summed E-state index contributed by atoms with van der Waals surface area (Å²) in [5, 5.41) is 3.83. The molecule has 1 N–H and O–H groups in total. The molecular weight excluding hydrogens is 300 g/mol. The maximum atomic E-state index is 3.83. The quantitative estimate of drug-likeness (QED) is 0.912. The number of piperidine rings is 1. The van der Waals surface area contributed by atoms with Gasteiger partial charge in [0.15, 0.2) is 0 Å². The average molecular weight is 323 g/mol. The first-order valence-corrected chi connectivity index (χ1v) is 8.16. The molecule has 104 valence electrons. The zero-order chi connectivity index (χ0) is 13.4. The normalized spacial score (nSPS) is 32.5. The van der Waals surface area contributed by atoms with Gasteiger partial charge < -0.3 is 10.2 Å². The lowest BCUT2D eigenvalue weighted by molar-refractivity contribution is 0.144. The summed E-state index contributed by atoms with van der Waals surface area (Å²) in [6.45, 7) is 2.28. The van der Waals surface area contributed by atoms with Crippen molar-refractivity contribution in [3.63, 3.8) is 0 Å². The Labute approximate surface area is 124 Å². The van der Waals surface area contributed by atoms with Crippen LogP contribution < -0.4 is 5.32 Å². The van der Waals surface area contributed by atoms with E-state index in [0.29, 0.717) is 12.1 Å². The van der Waals surface area contributed by atoms with E-state index in [1.54, 1.807) is 0 Å². The monoisotopic (exact) mass is 322 g/mol. The summed E-state index contributed by atoms with van der Waals surface area (Å²) < 4.78 is 1.15. The van der Waals surface area contributed by atoms with Gasteiger partial charge in [-0.3, -0.25) is 0 Å². The van der Waals surface area contributed by atoms with Gasteiger partial charge in [-0.25, -0.2) is 0 Å². The molecule has 3 atom stereocenters. The first-order chi connectivity index (χ1) is 9.13. The Hall–Kier alpha value is -0.380. The van der Waals surface area contributed by atoms with Gasteiger partial charge >= 0.3 is 0 Å². The Balaban J connectivity index is 1.61. The van der Waals surface area contributed by atoms with Gasteiger partial charge in [-0.05, 0) is 57.4 Å².